The molecule has 2 heteroatoms. The summed E-state index contributed by atoms with van der Waals surface area (Å²) in [6, 6.07) is 7.67. The largest absolute Gasteiger partial charge is 0.462 e. The van der Waals surface area contributed by atoms with Crippen molar-refractivity contribution in [1.29, 1.82) is 0 Å². The second-order valence-electron chi connectivity index (χ2n) is 5.65. The molecule has 1 aromatic carbocycles. The van der Waals surface area contributed by atoms with Crippen molar-refractivity contribution in [2.75, 3.05) is 6.61 Å². The van der Waals surface area contributed by atoms with Gasteiger partial charge in [-0.1, -0.05) is 48.6 Å². The summed E-state index contributed by atoms with van der Waals surface area (Å²) in [7, 11) is 0. The number of carbonyl (C=O) groups is 1. The van der Waals surface area contributed by atoms with E-state index in [1.165, 1.54) is 11.1 Å². The first-order valence-electron chi connectivity index (χ1n) is 7.72. The first-order valence-corrected chi connectivity index (χ1v) is 7.72. The molecule has 0 aromatic heterocycles. The Labute approximate surface area is 131 Å². The SMILES string of the molecule is CCOC(=O)c1ccc(C2=CC3C=CC=CC3C=C2C)cc1. The summed E-state index contributed by atoms with van der Waals surface area (Å²) in [6.45, 7) is 4.36. The number of rotatable bonds is 3. The maximum absolute atomic E-state index is 11.7. The predicted octanol–water partition coefficient (Wildman–Crippen LogP) is 4.57. The van der Waals surface area contributed by atoms with E-state index in [0.29, 0.717) is 24.0 Å². The van der Waals surface area contributed by atoms with Gasteiger partial charge in [-0.15, -0.1) is 0 Å². The molecular formula is C20H20O2. The number of hydrogen-bond acceptors (Lipinski definition) is 2. The van der Waals surface area contributed by atoms with Gasteiger partial charge in [0.2, 0.25) is 0 Å². The van der Waals surface area contributed by atoms with Gasteiger partial charge in [0.15, 0.2) is 0 Å². The van der Waals surface area contributed by atoms with Crippen molar-refractivity contribution in [3.8, 4) is 0 Å². The van der Waals surface area contributed by atoms with Crippen molar-refractivity contribution in [2.24, 2.45) is 11.8 Å². The van der Waals surface area contributed by atoms with E-state index in [0.717, 1.165) is 5.56 Å². The van der Waals surface area contributed by atoms with Crippen LogP contribution in [0.3, 0.4) is 0 Å². The zero-order valence-electron chi connectivity index (χ0n) is 13.0. The maximum Gasteiger partial charge on any atom is 0.338 e. The minimum Gasteiger partial charge on any atom is -0.462 e. The summed E-state index contributed by atoms with van der Waals surface area (Å²) < 4.78 is 5.02. The molecule has 0 aliphatic heterocycles. The number of benzene rings is 1. The molecule has 2 unspecified atom stereocenters. The number of esters is 1. The van der Waals surface area contributed by atoms with Crippen molar-refractivity contribution in [1.82, 2.24) is 0 Å². The highest BCUT2D eigenvalue weighted by atomic mass is 16.5. The fourth-order valence-electron chi connectivity index (χ4n) is 3.00. The van der Waals surface area contributed by atoms with Gasteiger partial charge in [-0.05, 0) is 42.7 Å². The van der Waals surface area contributed by atoms with Crippen LogP contribution < -0.4 is 0 Å². The monoisotopic (exact) mass is 292 g/mol. The van der Waals surface area contributed by atoms with Crippen LogP contribution in [0.2, 0.25) is 0 Å². The van der Waals surface area contributed by atoms with Crippen LogP contribution in [0.5, 0.6) is 0 Å². The van der Waals surface area contributed by atoms with E-state index in [1.807, 2.05) is 31.2 Å². The van der Waals surface area contributed by atoms with E-state index in [1.54, 1.807) is 0 Å². The van der Waals surface area contributed by atoms with Crippen molar-refractivity contribution >= 4 is 11.5 Å². The molecule has 0 radical (unpaired) electrons. The Kier molecular flexibility index (Phi) is 4.10. The summed E-state index contributed by atoms with van der Waals surface area (Å²) in [5.41, 5.74) is 4.27. The molecule has 0 heterocycles. The van der Waals surface area contributed by atoms with E-state index in [9.17, 15) is 4.79 Å². The van der Waals surface area contributed by atoms with Gasteiger partial charge >= 0.3 is 5.97 Å². The van der Waals surface area contributed by atoms with Gasteiger partial charge in [-0.25, -0.2) is 4.79 Å². The molecule has 0 amide bonds. The second kappa shape index (κ2) is 6.18. The zero-order chi connectivity index (χ0) is 15.5. The lowest BCUT2D eigenvalue weighted by Crippen LogP contribution is -2.13. The fourth-order valence-corrected chi connectivity index (χ4v) is 3.00. The Hall–Kier alpha value is -2.35. The topological polar surface area (TPSA) is 26.3 Å². The van der Waals surface area contributed by atoms with E-state index in [4.69, 9.17) is 4.74 Å². The Morgan fingerprint density at radius 2 is 1.68 bits per heavy atom. The number of allylic oxidation sites excluding steroid dienone is 8. The molecule has 2 atom stereocenters. The number of hydrogen-bond donors (Lipinski definition) is 0. The zero-order valence-corrected chi connectivity index (χ0v) is 13.0. The van der Waals surface area contributed by atoms with Gasteiger partial charge in [0, 0.05) is 11.8 Å². The van der Waals surface area contributed by atoms with E-state index in [-0.39, 0.29) is 5.97 Å². The standard InChI is InChI=1S/C20H20O2/c1-3-22-20(21)16-10-8-15(9-11-16)19-13-18-7-5-4-6-17(18)12-14(19)2/h4-13,17-18H,3H2,1-2H3. The van der Waals surface area contributed by atoms with Crippen molar-refractivity contribution in [2.45, 2.75) is 13.8 Å². The fraction of sp³-hybridized carbons (Fsp3) is 0.250. The first kappa shape index (κ1) is 14.6. The third kappa shape index (κ3) is 2.82. The van der Waals surface area contributed by atoms with Gasteiger partial charge in [0.05, 0.1) is 12.2 Å². The lowest BCUT2D eigenvalue weighted by Gasteiger charge is -2.26. The molecular weight excluding hydrogens is 272 g/mol. The summed E-state index contributed by atoms with van der Waals surface area (Å²) in [4.78, 5) is 11.7. The highest BCUT2D eigenvalue weighted by molar-refractivity contribution is 5.90. The minimum atomic E-state index is -0.264. The third-order valence-electron chi connectivity index (χ3n) is 4.16. The summed E-state index contributed by atoms with van der Waals surface area (Å²) in [6.07, 6.45) is 13.3. The molecule has 0 fully saturated rings. The van der Waals surface area contributed by atoms with E-state index in [2.05, 4.69) is 43.4 Å². The van der Waals surface area contributed by atoms with E-state index >= 15 is 0 Å². The summed E-state index contributed by atoms with van der Waals surface area (Å²) >= 11 is 0. The molecule has 0 N–H and O–H groups in total. The van der Waals surface area contributed by atoms with Crippen molar-refractivity contribution < 1.29 is 9.53 Å². The highest BCUT2D eigenvalue weighted by Gasteiger charge is 2.21. The average molecular weight is 292 g/mol. The molecule has 2 aliphatic carbocycles. The second-order valence-corrected chi connectivity index (χ2v) is 5.65. The van der Waals surface area contributed by atoms with Gasteiger partial charge in [0.1, 0.15) is 0 Å². The quantitative estimate of drug-likeness (QED) is 0.763. The molecule has 0 spiro atoms. The normalized spacial score (nSPS) is 22.6. The van der Waals surface area contributed by atoms with Gasteiger partial charge in [-0.2, -0.15) is 0 Å². The lowest BCUT2D eigenvalue weighted by atomic mass is 9.78. The van der Waals surface area contributed by atoms with Crippen LogP contribution in [0.15, 0.2) is 66.3 Å². The van der Waals surface area contributed by atoms with Crippen LogP contribution >= 0.6 is 0 Å². The first-order chi connectivity index (χ1) is 10.7. The van der Waals surface area contributed by atoms with Crippen LogP contribution in [-0.2, 0) is 4.74 Å². The summed E-state index contributed by atoms with van der Waals surface area (Å²) in [5, 5.41) is 0. The average Bonchev–Trinajstić information content (AvgIpc) is 2.54. The van der Waals surface area contributed by atoms with Crippen LogP contribution in [0.1, 0.15) is 29.8 Å². The molecule has 3 rings (SSSR count). The minimum absolute atomic E-state index is 0.264. The van der Waals surface area contributed by atoms with Gasteiger partial charge in [-0.3, -0.25) is 0 Å². The van der Waals surface area contributed by atoms with Crippen LogP contribution in [0.4, 0.5) is 0 Å². The Morgan fingerprint density at radius 1 is 1.05 bits per heavy atom. The van der Waals surface area contributed by atoms with Gasteiger partial charge in [0.25, 0.3) is 0 Å². The number of carbonyl (C=O) groups excluding carboxylic acids is 1. The van der Waals surface area contributed by atoms with Crippen molar-refractivity contribution in [3.63, 3.8) is 0 Å². The third-order valence-corrected chi connectivity index (χ3v) is 4.16. The molecule has 0 bridgehead atoms. The number of ether oxygens (including phenoxy) is 1. The Balaban J connectivity index is 1.86. The molecule has 22 heavy (non-hydrogen) atoms. The summed E-state index contributed by atoms with van der Waals surface area (Å²) in [5.74, 6) is 0.625. The smallest absolute Gasteiger partial charge is 0.338 e. The molecule has 112 valence electrons. The molecule has 1 aromatic rings. The highest BCUT2D eigenvalue weighted by Crippen LogP contribution is 2.36. The van der Waals surface area contributed by atoms with E-state index < -0.39 is 0 Å². The Morgan fingerprint density at radius 3 is 2.32 bits per heavy atom. The molecule has 2 nitrogen and oxygen atoms in total. The van der Waals surface area contributed by atoms with Crippen LogP contribution in [0, 0.1) is 11.8 Å². The van der Waals surface area contributed by atoms with Crippen LogP contribution in [0.25, 0.3) is 5.57 Å². The van der Waals surface area contributed by atoms with Crippen molar-refractivity contribution in [3.05, 3.63) is 77.4 Å². The molecule has 2 aliphatic rings. The number of fused-ring (bicyclic) bond motifs is 1. The molecule has 0 saturated heterocycles. The maximum atomic E-state index is 11.7. The van der Waals surface area contributed by atoms with Crippen LogP contribution in [-0.4, -0.2) is 12.6 Å². The molecule has 0 saturated carbocycles. The van der Waals surface area contributed by atoms with Gasteiger partial charge < -0.3 is 4.74 Å². The lowest BCUT2D eigenvalue weighted by molar-refractivity contribution is 0.0526. The Bertz CT molecular complexity index is 687. The predicted molar refractivity (Wildman–Crippen MR) is 89.4 cm³/mol.